The van der Waals surface area contributed by atoms with Crippen molar-refractivity contribution >= 4 is 23.2 Å². The third kappa shape index (κ3) is 9.41. The standard InChI is InChI=1S/C26H37N3O3/c1-4-6-7-8-9-18-32-24-16-14-23(15-17-24)29-25(30)19-27-22-12-10-21(11-13-22)26(31)28-20(3)5-2/h10-17,20,27H,4-9,18-19H2,1-3H3,(H,28,31)(H,29,30). The summed E-state index contributed by atoms with van der Waals surface area (Å²) in [7, 11) is 0. The van der Waals surface area contributed by atoms with Gasteiger partial charge in [0.15, 0.2) is 0 Å². The molecular weight excluding hydrogens is 402 g/mol. The van der Waals surface area contributed by atoms with Crippen LogP contribution in [0.25, 0.3) is 0 Å². The van der Waals surface area contributed by atoms with Crippen LogP contribution in [-0.2, 0) is 4.79 Å². The van der Waals surface area contributed by atoms with Crippen LogP contribution in [0, 0.1) is 0 Å². The van der Waals surface area contributed by atoms with Crippen LogP contribution < -0.4 is 20.7 Å². The smallest absolute Gasteiger partial charge is 0.251 e. The van der Waals surface area contributed by atoms with Gasteiger partial charge in [0.25, 0.3) is 5.91 Å². The highest BCUT2D eigenvalue weighted by atomic mass is 16.5. The Morgan fingerprint density at radius 2 is 1.53 bits per heavy atom. The molecule has 0 saturated heterocycles. The highest BCUT2D eigenvalue weighted by Gasteiger charge is 2.08. The van der Waals surface area contributed by atoms with E-state index < -0.39 is 0 Å². The van der Waals surface area contributed by atoms with Gasteiger partial charge in [0, 0.05) is 23.0 Å². The van der Waals surface area contributed by atoms with Gasteiger partial charge >= 0.3 is 0 Å². The second-order valence-electron chi connectivity index (χ2n) is 8.05. The van der Waals surface area contributed by atoms with Crippen LogP contribution in [0.5, 0.6) is 5.75 Å². The van der Waals surface area contributed by atoms with Gasteiger partial charge in [0.2, 0.25) is 5.91 Å². The Hall–Kier alpha value is -3.02. The molecule has 2 aromatic carbocycles. The number of carbonyl (C=O) groups excluding carboxylic acids is 2. The minimum atomic E-state index is -0.145. The van der Waals surface area contributed by atoms with E-state index in [-0.39, 0.29) is 24.4 Å². The van der Waals surface area contributed by atoms with Crippen LogP contribution in [0.2, 0.25) is 0 Å². The molecule has 1 atom stereocenters. The van der Waals surface area contributed by atoms with Crippen molar-refractivity contribution in [2.75, 3.05) is 23.8 Å². The maximum atomic E-state index is 12.2. The Labute approximate surface area is 192 Å². The summed E-state index contributed by atoms with van der Waals surface area (Å²) in [6, 6.07) is 14.7. The summed E-state index contributed by atoms with van der Waals surface area (Å²) in [5.41, 5.74) is 2.11. The topological polar surface area (TPSA) is 79.5 Å². The fraction of sp³-hybridized carbons (Fsp3) is 0.462. The molecule has 6 nitrogen and oxygen atoms in total. The normalized spacial score (nSPS) is 11.5. The first-order chi connectivity index (χ1) is 15.5. The van der Waals surface area contributed by atoms with Crippen molar-refractivity contribution in [1.82, 2.24) is 5.32 Å². The molecule has 0 fully saturated rings. The number of amides is 2. The zero-order valence-electron chi connectivity index (χ0n) is 19.6. The molecule has 174 valence electrons. The fourth-order valence-electron chi connectivity index (χ4n) is 3.07. The van der Waals surface area contributed by atoms with E-state index in [0.29, 0.717) is 5.56 Å². The Kier molecular flexibility index (Phi) is 11.1. The molecule has 0 spiro atoms. The molecule has 0 aliphatic carbocycles. The monoisotopic (exact) mass is 439 g/mol. The van der Waals surface area contributed by atoms with Crippen molar-refractivity contribution in [3.8, 4) is 5.75 Å². The molecule has 6 heteroatoms. The minimum Gasteiger partial charge on any atom is -0.494 e. The van der Waals surface area contributed by atoms with Gasteiger partial charge in [-0.05, 0) is 68.3 Å². The molecule has 0 aromatic heterocycles. The van der Waals surface area contributed by atoms with Gasteiger partial charge in [0.05, 0.1) is 13.2 Å². The summed E-state index contributed by atoms with van der Waals surface area (Å²) in [5.74, 6) is 0.579. The Morgan fingerprint density at radius 3 is 2.19 bits per heavy atom. The van der Waals surface area contributed by atoms with E-state index in [1.54, 1.807) is 24.3 Å². The molecule has 2 rings (SSSR count). The number of benzene rings is 2. The number of ether oxygens (including phenoxy) is 1. The van der Waals surface area contributed by atoms with E-state index in [0.717, 1.165) is 36.6 Å². The summed E-state index contributed by atoms with van der Waals surface area (Å²) in [6.07, 6.45) is 6.93. The Morgan fingerprint density at radius 1 is 0.875 bits per heavy atom. The summed E-state index contributed by atoms with van der Waals surface area (Å²) < 4.78 is 5.75. The van der Waals surface area contributed by atoms with Crippen molar-refractivity contribution in [2.45, 2.75) is 65.3 Å². The van der Waals surface area contributed by atoms with E-state index >= 15 is 0 Å². The van der Waals surface area contributed by atoms with E-state index in [4.69, 9.17) is 4.74 Å². The third-order valence-corrected chi connectivity index (χ3v) is 5.24. The quantitative estimate of drug-likeness (QED) is 0.334. The van der Waals surface area contributed by atoms with E-state index in [1.807, 2.05) is 38.1 Å². The van der Waals surface area contributed by atoms with Crippen LogP contribution >= 0.6 is 0 Å². The molecule has 3 N–H and O–H groups in total. The van der Waals surface area contributed by atoms with Crippen molar-refractivity contribution in [3.63, 3.8) is 0 Å². The number of unbranched alkanes of at least 4 members (excludes halogenated alkanes) is 4. The van der Waals surface area contributed by atoms with Gasteiger partial charge in [0.1, 0.15) is 5.75 Å². The maximum absolute atomic E-state index is 12.2. The first-order valence-electron chi connectivity index (χ1n) is 11.7. The van der Waals surface area contributed by atoms with E-state index in [1.165, 1.54) is 25.7 Å². The Bertz CT molecular complexity index is 819. The maximum Gasteiger partial charge on any atom is 0.251 e. The first-order valence-corrected chi connectivity index (χ1v) is 11.7. The molecule has 0 heterocycles. The van der Waals surface area contributed by atoms with Crippen molar-refractivity contribution in [1.29, 1.82) is 0 Å². The molecular formula is C26H37N3O3. The molecule has 0 aliphatic heterocycles. The zero-order chi connectivity index (χ0) is 23.2. The average molecular weight is 440 g/mol. The third-order valence-electron chi connectivity index (χ3n) is 5.24. The molecule has 0 bridgehead atoms. The number of hydrogen-bond acceptors (Lipinski definition) is 4. The predicted molar refractivity (Wildman–Crippen MR) is 131 cm³/mol. The van der Waals surface area contributed by atoms with Gasteiger partial charge in [-0.2, -0.15) is 0 Å². The van der Waals surface area contributed by atoms with Crippen molar-refractivity contribution in [2.24, 2.45) is 0 Å². The second-order valence-corrected chi connectivity index (χ2v) is 8.05. The molecule has 2 aromatic rings. The van der Waals surface area contributed by atoms with Crippen LogP contribution in [0.1, 0.15) is 69.7 Å². The highest BCUT2D eigenvalue weighted by molar-refractivity contribution is 5.95. The number of rotatable bonds is 14. The highest BCUT2D eigenvalue weighted by Crippen LogP contribution is 2.16. The Balaban J connectivity index is 1.70. The van der Waals surface area contributed by atoms with Gasteiger partial charge in [-0.25, -0.2) is 0 Å². The van der Waals surface area contributed by atoms with Crippen LogP contribution in [0.4, 0.5) is 11.4 Å². The number of carbonyl (C=O) groups is 2. The lowest BCUT2D eigenvalue weighted by Crippen LogP contribution is -2.31. The molecule has 0 aliphatic rings. The summed E-state index contributed by atoms with van der Waals surface area (Å²) in [4.78, 5) is 24.4. The number of nitrogens with one attached hydrogen (secondary N) is 3. The SMILES string of the molecule is CCCCCCCOc1ccc(NC(=O)CNc2ccc(C(=O)NC(C)CC)cc2)cc1. The molecule has 0 saturated carbocycles. The van der Waals surface area contributed by atoms with Gasteiger partial charge in [-0.15, -0.1) is 0 Å². The van der Waals surface area contributed by atoms with Gasteiger partial charge in [-0.3, -0.25) is 9.59 Å². The van der Waals surface area contributed by atoms with Crippen LogP contribution in [0.15, 0.2) is 48.5 Å². The lowest BCUT2D eigenvalue weighted by molar-refractivity contribution is -0.114. The van der Waals surface area contributed by atoms with Crippen molar-refractivity contribution < 1.29 is 14.3 Å². The van der Waals surface area contributed by atoms with E-state index in [9.17, 15) is 9.59 Å². The first kappa shape index (κ1) is 25.2. The minimum absolute atomic E-state index is 0.0902. The molecule has 32 heavy (non-hydrogen) atoms. The lowest BCUT2D eigenvalue weighted by Gasteiger charge is -2.12. The summed E-state index contributed by atoms with van der Waals surface area (Å²) >= 11 is 0. The predicted octanol–water partition coefficient (Wildman–Crippen LogP) is 5.61. The van der Waals surface area contributed by atoms with Crippen molar-refractivity contribution in [3.05, 3.63) is 54.1 Å². The fourth-order valence-corrected chi connectivity index (χ4v) is 3.07. The van der Waals surface area contributed by atoms with Gasteiger partial charge < -0.3 is 20.7 Å². The summed E-state index contributed by atoms with van der Waals surface area (Å²) in [5, 5.41) is 8.88. The molecule has 2 amide bonds. The molecule has 1 unspecified atom stereocenters. The lowest BCUT2D eigenvalue weighted by atomic mass is 10.1. The van der Waals surface area contributed by atoms with Crippen LogP contribution in [-0.4, -0.2) is 31.0 Å². The largest absolute Gasteiger partial charge is 0.494 e. The zero-order valence-corrected chi connectivity index (χ0v) is 19.6. The average Bonchev–Trinajstić information content (AvgIpc) is 2.81. The van der Waals surface area contributed by atoms with Gasteiger partial charge in [-0.1, -0.05) is 39.5 Å². The summed E-state index contributed by atoms with van der Waals surface area (Å²) in [6.45, 7) is 7.07. The van der Waals surface area contributed by atoms with Crippen LogP contribution in [0.3, 0.4) is 0 Å². The molecule has 0 radical (unpaired) electrons. The second kappa shape index (κ2) is 14.1. The van der Waals surface area contributed by atoms with E-state index in [2.05, 4.69) is 22.9 Å². The number of anilines is 2. The number of hydrogen-bond donors (Lipinski definition) is 3.